The van der Waals surface area contributed by atoms with Crippen molar-refractivity contribution in [2.75, 3.05) is 6.54 Å². The molecule has 0 saturated carbocycles. The molecule has 0 radical (unpaired) electrons. The summed E-state index contributed by atoms with van der Waals surface area (Å²) < 4.78 is 0. The standard InChI is InChI=1S/C34H67NO/c1-2-3-4-5-6-7-8-9-14-17-20-23-26-29-32-35-33-30-27-24-21-18-15-12-10-11-13-16-19-22-25-28-31-34(33)36/h28,31,33-36H,2-27,29-30,32H2,1H3/b31-28+/t33-,34-/m0/s1. The molecule has 0 fully saturated rings. The van der Waals surface area contributed by atoms with Gasteiger partial charge in [-0.3, -0.25) is 0 Å². The molecule has 36 heavy (non-hydrogen) atoms. The average Bonchev–Trinajstić information content (AvgIpc) is 2.88. The summed E-state index contributed by atoms with van der Waals surface area (Å²) in [5, 5.41) is 14.6. The topological polar surface area (TPSA) is 32.3 Å². The zero-order chi connectivity index (χ0) is 25.8. The van der Waals surface area contributed by atoms with Crippen LogP contribution in [0.3, 0.4) is 0 Å². The predicted molar refractivity (Wildman–Crippen MR) is 162 cm³/mol. The Labute approximate surface area is 227 Å². The van der Waals surface area contributed by atoms with E-state index >= 15 is 0 Å². The van der Waals surface area contributed by atoms with E-state index in [1.165, 1.54) is 167 Å². The molecular formula is C34H67NO. The van der Waals surface area contributed by atoms with Gasteiger partial charge in [0.2, 0.25) is 0 Å². The Balaban J connectivity index is 2.11. The normalized spacial score (nSPS) is 22.6. The van der Waals surface area contributed by atoms with Crippen molar-refractivity contribution < 1.29 is 5.11 Å². The highest BCUT2D eigenvalue weighted by Gasteiger charge is 2.15. The Bertz CT molecular complexity index is 448. The van der Waals surface area contributed by atoms with Crippen molar-refractivity contribution in [3.63, 3.8) is 0 Å². The fourth-order valence-corrected chi connectivity index (χ4v) is 5.76. The molecule has 214 valence electrons. The largest absolute Gasteiger partial charge is 0.387 e. The van der Waals surface area contributed by atoms with E-state index in [1.807, 2.05) is 0 Å². The van der Waals surface area contributed by atoms with Crippen molar-refractivity contribution >= 4 is 0 Å². The second kappa shape index (κ2) is 27.7. The first kappa shape index (κ1) is 33.7. The molecule has 1 aliphatic rings. The highest BCUT2D eigenvalue weighted by molar-refractivity contribution is 4.95. The van der Waals surface area contributed by atoms with Crippen molar-refractivity contribution in [1.82, 2.24) is 5.32 Å². The second-order valence-corrected chi connectivity index (χ2v) is 11.9. The summed E-state index contributed by atoms with van der Waals surface area (Å²) >= 11 is 0. The molecule has 0 saturated heterocycles. The zero-order valence-electron chi connectivity index (χ0n) is 24.8. The number of allylic oxidation sites excluding steroid dienone is 1. The van der Waals surface area contributed by atoms with Gasteiger partial charge in [0.25, 0.3) is 0 Å². The van der Waals surface area contributed by atoms with Crippen LogP contribution in [0.4, 0.5) is 0 Å². The molecule has 0 spiro atoms. The first-order valence-corrected chi connectivity index (χ1v) is 16.9. The van der Waals surface area contributed by atoms with Gasteiger partial charge in [-0.05, 0) is 32.2 Å². The molecule has 0 aromatic heterocycles. The van der Waals surface area contributed by atoms with E-state index < -0.39 is 0 Å². The van der Waals surface area contributed by atoms with Crippen molar-refractivity contribution in [3.8, 4) is 0 Å². The van der Waals surface area contributed by atoms with Crippen LogP contribution in [0.1, 0.15) is 187 Å². The van der Waals surface area contributed by atoms with Gasteiger partial charge in [-0.1, -0.05) is 173 Å². The Morgan fingerprint density at radius 3 is 1.47 bits per heavy atom. The summed E-state index contributed by atoms with van der Waals surface area (Å²) in [4.78, 5) is 0. The van der Waals surface area contributed by atoms with Crippen LogP contribution in [0.15, 0.2) is 12.2 Å². The van der Waals surface area contributed by atoms with Crippen molar-refractivity contribution in [1.29, 1.82) is 0 Å². The minimum absolute atomic E-state index is 0.238. The third-order valence-electron chi connectivity index (χ3n) is 8.32. The molecule has 0 aromatic carbocycles. The number of rotatable bonds is 16. The van der Waals surface area contributed by atoms with Crippen molar-refractivity contribution in [2.24, 2.45) is 0 Å². The van der Waals surface area contributed by atoms with Gasteiger partial charge in [-0.2, -0.15) is 0 Å². The highest BCUT2D eigenvalue weighted by atomic mass is 16.3. The van der Waals surface area contributed by atoms with Crippen molar-refractivity contribution in [3.05, 3.63) is 12.2 Å². The summed E-state index contributed by atoms with van der Waals surface area (Å²) in [6, 6.07) is 0.238. The monoisotopic (exact) mass is 506 g/mol. The molecule has 0 heterocycles. The fourth-order valence-electron chi connectivity index (χ4n) is 5.76. The van der Waals surface area contributed by atoms with Crippen LogP contribution in [0.2, 0.25) is 0 Å². The lowest BCUT2D eigenvalue weighted by Crippen LogP contribution is -2.39. The molecule has 0 bridgehead atoms. The van der Waals surface area contributed by atoms with Crippen LogP contribution in [0, 0.1) is 0 Å². The molecule has 0 aromatic rings. The molecule has 1 rings (SSSR count). The first-order valence-electron chi connectivity index (χ1n) is 16.9. The maximum atomic E-state index is 10.8. The third-order valence-corrected chi connectivity index (χ3v) is 8.32. The van der Waals surface area contributed by atoms with Crippen LogP contribution in [0.5, 0.6) is 0 Å². The molecule has 0 unspecified atom stereocenters. The summed E-state index contributed by atoms with van der Waals surface area (Å²) in [7, 11) is 0. The quantitative estimate of drug-likeness (QED) is 0.161. The summed E-state index contributed by atoms with van der Waals surface area (Å²) in [6.07, 6.45) is 42.5. The fraction of sp³-hybridized carbons (Fsp3) is 0.941. The Kier molecular flexibility index (Phi) is 25.9. The maximum absolute atomic E-state index is 10.8. The van der Waals surface area contributed by atoms with E-state index in [0.717, 1.165) is 19.4 Å². The number of unbranched alkanes of at least 4 members (excludes halogenated alkanes) is 13. The number of hydrogen-bond donors (Lipinski definition) is 2. The highest BCUT2D eigenvalue weighted by Crippen LogP contribution is 2.16. The number of hydrogen-bond acceptors (Lipinski definition) is 2. The van der Waals surface area contributed by atoms with E-state index in [9.17, 15) is 5.11 Å². The molecule has 2 nitrogen and oxygen atoms in total. The van der Waals surface area contributed by atoms with Gasteiger partial charge in [0.05, 0.1) is 6.10 Å². The SMILES string of the molecule is CCCCCCCCCCCCCCCCN[C@H]1CCCCCCCCCCCCCC/C=C/[C@@H]1O. The van der Waals surface area contributed by atoms with Crippen LogP contribution in [-0.2, 0) is 0 Å². The van der Waals surface area contributed by atoms with Gasteiger partial charge >= 0.3 is 0 Å². The molecule has 1 aliphatic carbocycles. The Morgan fingerprint density at radius 2 is 0.972 bits per heavy atom. The molecule has 2 N–H and O–H groups in total. The minimum Gasteiger partial charge on any atom is -0.387 e. The number of aliphatic hydroxyl groups is 1. The molecule has 2 heteroatoms. The number of aliphatic hydroxyl groups excluding tert-OH is 1. The number of nitrogens with one attached hydrogen (secondary N) is 1. The maximum Gasteiger partial charge on any atom is 0.0873 e. The average molecular weight is 506 g/mol. The van der Waals surface area contributed by atoms with Crippen LogP contribution in [-0.4, -0.2) is 23.8 Å². The molecular weight excluding hydrogens is 438 g/mol. The smallest absolute Gasteiger partial charge is 0.0873 e. The van der Waals surface area contributed by atoms with Crippen LogP contribution >= 0.6 is 0 Å². The Hall–Kier alpha value is -0.340. The van der Waals surface area contributed by atoms with Gasteiger partial charge in [0, 0.05) is 6.04 Å². The van der Waals surface area contributed by atoms with E-state index in [2.05, 4.69) is 24.4 Å². The van der Waals surface area contributed by atoms with Gasteiger partial charge < -0.3 is 10.4 Å². The van der Waals surface area contributed by atoms with E-state index in [4.69, 9.17) is 0 Å². The second-order valence-electron chi connectivity index (χ2n) is 11.9. The van der Waals surface area contributed by atoms with E-state index in [1.54, 1.807) is 0 Å². The first-order chi connectivity index (χ1) is 17.8. The molecule has 2 atom stereocenters. The lowest BCUT2D eigenvalue weighted by atomic mass is 9.99. The van der Waals surface area contributed by atoms with E-state index in [-0.39, 0.29) is 12.1 Å². The summed E-state index contributed by atoms with van der Waals surface area (Å²) in [5.41, 5.74) is 0. The van der Waals surface area contributed by atoms with Crippen LogP contribution in [0.25, 0.3) is 0 Å². The summed E-state index contributed by atoms with van der Waals surface area (Å²) in [6.45, 7) is 3.36. The Morgan fingerprint density at radius 1 is 0.556 bits per heavy atom. The van der Waals surface area contributed by atoms with E-state index in [0.29, 0.717) is 0 Å². The lowest BCUT2D eigenvalue weighted by molar-refractivity contribution is 0.163. The predicted octanol–water partition coefficient (Wildman–Crippen LogP) is 10.8. The zero-order valence-corrected chi connectivity index (χ0v) is 24.8. The van der Waals surface area contributed by atoms with Gasteiger partial charge in [0.15, 0.2) is 0 Å². The van der Waals surface area contributed by atoms with Gasteiger partial charge in [-0.15, -0.1) is 0 Å². The molecule has 0 amide bonds. The van der Waals surface area contributed by atoms with Crippen LogP contribution < -0.4 is 5.32 Å². The van der Waals surface area contributed by atoms with Gasteiger partial charge in [0.1, 0.15) is 0 Å². The summed E-state index contributed by atoms with van der Waals surface area (Å²) in [5.74, 6) is 0. The third kappa shape index (κ3) is 22.8. The van der Waals surface area contributed by atoms with Gasteiger partial charge in [-0.25, -0.2) is 0 Å². The minimum atomic E-state index is -0.324. The lowest BCUT2D eigenvalue weighted by Gasteiger charge is -2.22. The molecule has 0 aliphatic heterocycles. The van der Waals surface area contributed by atoms with Crippen molar-refractivity contribution in [2.45, 2.75) is 199 Å².